The van der Waals surface area contributed by atoms with Crippen molar-refractivity contribution in [2.24, 2.45) is 4.99 Å². The van der Waals surface area contributed by atoms with Gasteiger partial charge in [-0.25, -0.2) is 0 Å². The molecule has 0 saturated heterocycles. The highest BCUT2D eigenvalue weighted by molar-refractivity contribution is 7.20. The average molecular weight is 291 g/mol. The van der Waals surface area contributed by atoms with Gasteiger partial charge in [0.1, 0.15) is 11.5 Å². The molecular formula is C14H11ClN2OS. The van der Waals surface area contributed by atoms with Crippen LogP contribution in [0, 0.1) is 6.92 Å². The van der Waals surface area contributed by atoms with Gasteiger partial charge in [-0.05, 0) is 12.5 Å². The number of nitrogens with one attached hydrogen (secondary N) is 1. The molecule has 1 aliphatic heterocycles. The second-order valence-corrected chi connectivity index (χ2v) is 5.91. The van der Waals surface area contributed by atoms with Crippen LogP contribution in [0.3, 0.4) is 0 Å². The second-order valence-electron chi connectivity index (χ2n) is 4.28. The number of hydrogen-bond acceptors (Lipinski definition) is 3. The first kappa shape index (κ1) is 12.4. The van der Waals surface area contributed by atoms with Gasteiger partial charge in [0.15, 0.2) is 0 Å². The van der Waals surface area contributed by atoms with Crippen LogP contribution in [0.4, 0.5) is 5.00 Å². The lowest BCUT2D eigenvalue weighted by molar-refractivity contribution is -0.114. The lowest BCUT2D eigenvalue weighted by atomic mass is 10.0. The Hall–Kier alpha value is -1.65. The van der Waals surface area contributed by atoms with E-state index in [-0.39, 0.29) is 12.5 Å². The Morgan fingerprint density at radius 1 is 1.32 bits per heavy atom. The largest absolute Gasteiger partial charge is 0.315 e. The van der Waals surface area contributed by atoms with Crippen molar-refractivity contribution in [2.45, 2.75) is 6.92 Å². The summed E-state index contributed by atoms with van der Waals surface area (Å²) in [6, 6.07) is 9.85. The zero-order valence-corrected chi connectivity index (χ0v) is 11.8. The van der Waals surface area contributed by atoms with E-state index in [0.717, 1.165) is 27.4 Å². The van der Waals surface area contributed by atoms with Gasteiger partial charge in [0.2, 0.25) is 5.91 Å². The van der Waals surface area contributed by atoms with E-state index < -0.39 is 0 Å². The number of anilines is 1. The van der Waals surface area contributed by atoms with E-state index >= 15 is 0 Å². The van der Waals surface area contributed by atoms with Gasteiger partial charge in [0.05, 0.1) is 10.0 Å². The van der Waals surface area contributed by atoms with E-state index in [0.29, 0.717) is 4.34 Å². The van der Waals surface area contributed by atoms with Gasteiger partial charge >= 0.3 is 0 Å². The minimum atomic E-state index is -0.106. The highest BCUT2D eigenvalue weighted by Gasteiger charge is 2.23. The van der Waals surface area contributed by atoms with Gasteiger partial charge < -0.3 is 5.32 Å². The molecule has 5 heteroatoms. The van der Waals surface area contributed by atoms with Crippen LogP contribution in [0.1, 0.15) is 16.7 Å². The molecular weight excluding hydrogens is 280 g/mol. The summed E-state index contributed by atoms with van der Waals surface area (Å²) >= 11 is 7.57. The molecule has 0 unspecified atom stereocenters. The number of thiophene rings is 1. The number of amides is 1. The Morgan fingerprint density at radius 2 is 2.05 bits per heavy atom. The summed E-state index contributed by atoms with van der Waals surface area (Å²) in [7, 11) is 0. The summed E-state index contributed by atoms with van der Waals surface area (Å²) < 4.78 is 0.691. The Kier molecular flexibility index (Phi) is 3.12. The van der Waals surface area contributed by atoms with E-state index in [4.69, 9.17) is 11.6 Å². The quantitative estimate of drug-likeness (QED) is 0.858. The monoisotopic (exact) mass is 290 g/mol. The Balaban J connectivity index is 2.23. The number of nitrogens with zero attached hydrogens (tertiary/aromatic N) is 1. The SMILES string of the molecule is Cc1c(Cl)sc2c1C(c1ccccc1)=NCC(=O)N2. The first-order valence-corrected chi connectivity index (χ1v) is 7.05. The molecule has 0 radical (unpaired) electrons. The van der Waals surface area contributed by atoms with Crippen LogP contribution in [-0.4, -0.2) is 18.2 Å². The molecule has 2 aromatic rings. The van der Waals surface area contributed by atoms with Gasteiger partial charge in [-0.1, -0.05) is 41.9 Å². The van der Waals surface area contributed by atoms with Crippen molar-refractivity contribution >= 4 is 39.6 Å². The van der Waals surface area contributed by atoms with E-state index in [1.807, 2.05) is 37.3 Å². The average Bonchev–Trinajstić information content (AvgIpc) is 2.60. The minimum Gasteiger partial charge on any atom is -0.315 e. The molecule has 0 saturated carbocycles. The van der Waals surface area contributed by atoms with E-state index in [9.17, 15) is 4.79 Å². The Labute approximate surface area is 119 Å². The van der Waals surface area contributed by atoms with E-state index in [2.05, 4.69) is 10.3 Å². The van der Waals surface area contributed by atoms with Crippen molar-refractivity contribution in [2.75, 3.05) is 11.9 Å². The molecule has 96 valence electrons. The molecule has 3 nitrogen and oxygen atoms in total. The topological polar surface area (TPSA) is 41.5 Å². The number of hydrogen-bond donors (Lipinski definition) is 1. The predicted octanol–water partition coefficient (Wildman–Crippen LogP) is 3.50. The van der Waals surface area contributed by atoms with Crippen molar-refractivity contribution < 1.29 is 4.79 Å². The number of carbonyl (C=O) groups is 1. The molecule has 1 aromatic heterocycles. The lowest BCUT2D eigenvalue weighted by Crippen LogP contribution is -2.12. The van der Waals surface area contributed by atoms with Crippen LogP contribution in [0.15, 0.2) is 35.3 Å². The molecule has 1 aromatic carbocycles. The fourth-order valence-electron chi connectivity index (χ4n) is 2.09. The van der Waals surface area contributed by atoms with Crippen molar-refractivity contribution in [1.82, 2.24) is 0 Å². The zero-order chi connectivity index (χ0) is 13.4. The van der Waals surface area contributed by atoms with Crippen LogP contribution >= 0.6 is 22.9 Å². The van der Waals surface area contributed by atoms with Crippen molar-refractivity contribution in [1.29, 1.82) is 0 Å². The standard InChI is InChI=1S/C14H11ClN2OS/c1-8-11-12(9-5-3-2-4-6-9)16-7-10(18)17-14(11)19-13(8)15/h2-6H,7H2,1H3,(H,17,18). The summed E-state index contributed by atoms with van der Waals surface area (Å²) in [4.78, 5) is 16.1. The van der Waals surface area contributed by atoms with Crippen LogP contribution in [0.5, 0.6) is 0 Å². The third-order valence-electron chi connectivity index (χ3n) is 3.01. The second kappa shape index (κ2) is 4.79. The summed E-state index contributed by atoms with van der Waals surface area (Å²) in [5, 5.41) is 3.65. The molecule has 19 heavy (non-hydrogen) atoms. The van der Waals surface area contributed by atoms with Gasteiger partial charge in [0, 0.05) is 11.1 Å². The number of rotatable bonds is 1. The Bertz CT molecular complexity index is 676. The summed E-state index contributed by atoms with van der Waals surface area (Å²) in [5.74, 6) is -0.106. The maximum Gasteiger partial charge on any atom is 0.246 e. The third-order valence-corrected chi connectivity index (χ3v) is 4.52. The number of carbonyl (C=O) groups excluding carboxylic acids is 1. The molecule has 1 amide bonds. The minimum absolute atomic E-state index is 0.106. The molecule has 2 heterocycles. The van der Waals surface area contributed by atoms with Crippen LogP contribution < -0.4 is 5.32 Å². The summed E-state index contributed by atoms with van der Waals surface area (Å²) in [6.07, 6.45) is 0. The maximum absolute atomic E-state index is 11.7. The van der Waals surface area contributed by atoms with Crippen molar-refractivity contribution in [3.63, 3.8) is 0 Å². The summed E-state index contributed by atoms with van der Waals surface area (Å²) in [5.41, 5.74) is 3.73. The maximum atomic E-state index is 11.7. The third kappa shape index (κ3) is 2.17. The Morgan fingerprint density at radius 3 is 2.79 bits per heavy atom. The zero-order valence-electron chi connectivity index (χ0n) is 10.2. The van der Waals surface area contributed by atoms with Crippen molar-refractivity contribution in [3.05, 3.63) is 51.4 Å². The fourth-order valence-corrected chi connectivity index (χ4v) is 3.36. The molecule has 1 N–H and O–H groups in total. The van der Waals surface area contributed by atoms with Crippen LogP contribution in [-0.2, 0) is 4.79 Å². The number of aliphatic imine (C=N–C) groups is 1. The summed E-state index contributed by atoms with van der Waals surface area (Å²) in [6.45, 7) is 2.09. The van der Waals surface area contributed by atoms with E-state index in [1.165, 1.54) is 11.3 Å². The molecule has 0 bridgehead atoms. The molecule has 0 spiro atoms. The van der Waals surface area contributed by atoms with Gasteiger partial charge in [-0.3, -0.25) is 9.79 Å². The molecule has 1 aliphatic rings. The molecule has 0 aliphatic carbocycles. The highest BCUT2D eigenvalue weighted by atomic mass is 35.5. The van der Waals surface area contributed by atoms with Crippen molar-refractivity contribution in [3.8, 4) is 0 Å². The smallest absolute Gasteiger partial charge is 0.246 e. The normalized spacial score (nSPS) is 14.4. The first-order chi connectivity index (χ1) is 9.16. The number of fused-ring (bicyclic) bond motifs is 1. The molecule has 3 rings (SSSR count). The molecule has 0 atom stereocenters. The highest BCUT2D eigenvalue weighted by Crippen LogP contribution is 2.38. The first-order valence-electron chi connectivity index (χ1n) is 5.86. The predicted molar refractivity (Wildman–Crippen MR) is 79.6 cm³/mol. The lowest BCUT2D eigenvalue weighted by Gasteiger charge is -2.06. The van der Waals surface area contributed by atoms with Gasteiger partial charge in [0.25, 0.3) is 0 Å². The van der Waals surface area contributed by atoms with Crippen LogP contribution in [0.2, 0.25) is 4.34 Å². The fraction of sp³-hybridized carbons (Fsp3) is 0.143. The number of halogens is 1. The molecule has 0 fully saturated rings. The number of benzene rings is 1. The van der Waals surface area contributed by atoms with Gasteiger partial charge in [-0.15, -0.1) is 11.3 Å². The van der Waals surface area contributed by atoms with Crippen LogP contribution in [0.25, 0.3) is 0 Å². The van der Waals surface area contributed by atoms with E-state index in [1.54, 1.807) is 0 Å². The van der Waals surface area contributed by atoms with Gasteiger partial charge in [-0.2, -0.15) is 0 Å².